The van der Waals surface area contributed by atoms with Gasteiger partial charge in [-0.05, 0) is 64.6 Å². The summed E-state index contributed by atoms with van der Waals surface area (Å²) in [6, 6.07) is 35.1. The Labute approximate surface area is 189 Å². The van der Waals surface area contributed by atoms with Gasteiger partial charge in [0.2, 0.25) is 0 Å². The van der Waals surface area contributed by atoms with E-state index in [-0.39, 0.29) is 5.41 Å². The fourth-order valence-electron chi connectivity index (χ4n) is 5.23. The zero-order valence-electron chi connectivity index (χ0n) is 18.7. The van der Waals surface area contributed by atoms with Crippen LogP contribution in [0.1, 0.15) is 30.5 Å². The van der Waals surface area contributed by atoms with E-state index in [2.05, 4.69) is 118 Å². The molecule has 6 rings (SSSR count). The smallest absolute Gasteiger partial charge is 0.0719 e. The van der Waals surface area contributed by atoms with Crippen molar-refractivity contribution in [1.82, 2.24) is 4.98 Å². The molecule has 0 atom stereocenters. The fraction of sp³-hybridized carbons (Fsp3) is 0.129. The van der Waals surface area contributed by atoms with Gasteiger partial charge in [0.25, 0.3) is 0 Å². The third-order valence-corrected chi connectivity index (χ3v) is 6.91. The summed E-state index contributed by atoms with van der Waals surface area (Å²) < 4.78 is 0. The van der Waals surface area contributed by atoms with Crippen LogP contribution in [-0.4, -0.2) is 4.98 Å². The molecule has 1 aliphatic rings. The molecule has 1 heterocycles. The Morgan fingerprint density at radius 2 is 1.34 bits per heavy atom. The average molecular weight is 412 g/mol. The zero-order chi connectivity index (χ0) is 21.9. The van der Waals surface area contributed by atoms with Crippen molar-refractivity contribution >= 4 is 10.9 Å². The van der Waals surface area contributed by atoms with Gasteiger partial charge in [0.15, 0.2) is 0 Å². The number of rotatable bonds is 2. The van der Waals surface area contributed by atoms with E-state index in [1.807, 2.05) is 0 Å². The normalized spacial score (nSPS) is 13.7. The summed E-state index contributed by atoms with van der Waals surface area (Å²) in [6.07, 6.45) is 0. The SMILES string of the molecule is Cc1cccc(-c2cc(-c3ccccc3)c3cc4c(cc3n2)C(C)(C)c2ccccc2-4)c1. The molecule has 0 saturated carbocycles. The van der Waals surface area contributed by atoms with Crippen LogP contribution in [0.2, 0.25) is 0 Å². The molecular weight excluding hydrogens is 386 g/mol. The summed E-state index contributed by atoms with van der Waals surface area (Å²) in [6.45, 7) is 6.79. The Hall–Kier alpha value is -3.71. The lowest BCUT2D eigenvalue weighted by Crippen LogP contribution is -2.14. The Kier molecular flexibility index (Phi) is 4.10. The summed E-state index contributed by atoms with van der Waals surface area (Å²) in [7, 11) is 0. The summed E-state index contributed by atoms with van der Waals surface area (Å²) in [4.78, 5) is 5.18. The third-order valence-electron chi connectivity index (χ3n) is 6.91. The molecule has 0 spiro atoms. The van der Waals surface area contributed by atoms with Crippen LogP contribution in [0.15, 0.2) is 97.1 Å². The van der Waals surface area contributed by atoms with Crippen molar-refractivity contribution in [3.05, 3.63) is 114 Å². The molecule has 0 aliphatic heterocycles. The molecule has 1 aromatic heterocycles. The first-order valence-electron chi connectivity index (χ1n) is 11.2. The Morgan fingerprint density at radius 1 is 0.594 bits per heavy atom. The number of fused-ring (bicyclic) bond motifs is 4. The molecule has 1 aliphatic carbocycles. The van der Waals surface area contributed by atoms with E-state index in [4.69, 9.17) is 4.98 Å². The average Bonchev–Trinajstić information content (AvgIpc) is 3.04. The van der Waals surface area contributed by atoms with Crippen molar-refractivity contribution in [2.45, 2.75) is 26.2 Å². The number of benzene rings is 4. The van der Waals surface area contributed by atoms with Crippen molar-refractivity contribution in [2.24, 2.45) is 0 Å². The molecule has 0 fully saturated rings. The van der Waals surface area contributed by atoms with Crippen LogP contribution in [0.4, 0.5) is 0 Å². The topological polar surface area (TPSA) is 12.9 Å². The first-order valence-corrected chi connectivity index (χ1v) is 11.2. The summed E-state index contributed by atoms with van der Waals surface area (Å²) >= 11 is 0. The molecule has 0 saturated heterocycles. The summed E-state index contributed by atoms with van der Waals surface area (Å²) in [5.41, 5.74) is 12.3. The van der Waals surface area contributed by atoms with Crippen molar-refractivity contribution in [2.75, 3.05) is 0 Å². The lowest BCUT2D eigenvalue weighted by Gasteiger charge is -2.22. The van der Waals surface area contributed by atoms with Gasteiger partial charge in [-0.2, -0.15) is 0 Å². The second-order valence-corrected chi connectivity index (χ2v) is 9.38. The third kappa shape index (κ3) is 2.81. The number of pyridine rings is 1. The van der Waals surface area contributed by atoms with Crippen LogP contribution in [-0.2, 0) is 5.41 Å². The van der Waals surface area contributed by atoms with Crippen molar-refractivity contribution in [1.29, 1.82) is 0 Å². The quantitative estimate of drug-likeness (QED) is 0.285. The number of aryl methyl sites for hydroxylation is 1. The van der Waals surface area contributed by atoms with Gasteiger partial charge in [0.05, 0.1) is 11.2 Å². The maximum atomic E-state index is 5.18. The lowest BCUT2D eigenvalue weighted by molar-refractivity contribution is 0.661. The first-order chi connectivity index (χ1) is 15.5. The molecule has 4 aromatic carbocycles. The molecule has 0 unspecified atom stereocenters. The minimum Gasteiger partial charge on any atom is -0.248 e. The van der Waals surface area contributed by atoms with Gasteiger partial charge in [-0.3, -0.25) is 0 Å². The second-order valence-electron chi connectivity index (χ2n) is 9.38. The standard InChI is InChI=1S/C31H25N/c1-20-10-9-13-22(16-20)29-18-24(21-11-5-4-6-12-21)26-17-25-23-14-7-8-15-27(23)31(2,3)28(25)19-30(26)32-29/h4-19H,1-3H3. The molecule has 0 bridgehead atoms. The molecule has 32 heavy (non-hydrogen) atoms. The zero-order valence-corrected chi connectivity index (χ0v) is 18.7. The van der Waals surface area contributed by atoms with Crippen molar-refractivity contribution < 1.29 is 0 Å². The highest BCUT2D eigenvalue weighted by Crippen LogP contribution is 2.50. The highest BCUT2D eigenvalue weighted by molar-refractivity contribution is 6.01. The van der Waals surface area contributed by atoms with Gasteiger partial charge < -0.3 is 0 Å². The number of aromatic nitrogens is 1. The predicted octanol–water partition coefficient (Wildman–Crippen LogP) is 8.18. The van der Waals surface area contributed by atoms with Gasteiger partial charge in [-0.15, -0.1) is 0 Å². The van der Waals surface area contributed by atoms with Gasteiger partial charge >= 0.3 is 0 Å². The van der Waals surface area contributed by atoms with E-state index in [1.54, 1.807) is 0 Å². The van der Waals surface area contributed by atoms with Crippen LogP contribution in [0.3, 0.4) is 0 Å². The second kappa shape index (κ2) is 6.90. The van der Waals surface area contributed by atoms with Crippen LogP contribution in [0, 0.1) is 6.92 Å². The Balaban J connectivity index is 1.69. The fourth-order valence-corrected chi connectivity index (χ4v) is 5.23. The summed E-state index contributed by atoms with van der Waals surface area (Å²) in [5.74, 6) is 0. The van der Waals surface area contributed by atoms with Gasteiger partial charge in [-0.1, -0.05) is 92.2 Å². The van der Waals surface area contributed by atoms with Crippen molar-refractivity contribution in [3.63, 3.8) is 0 Å². The molecule has 0 N–H and O–H groups in total. The van der Waals surface area contributed by atoms with E-state index in [0.29, 0.717) is 0 Å². The van der Waals surface area contributed by atoms with E-state index >= 15 is 0 Å². The molecule has 0 amide bonds. The molecular formula is C31H25N. The van der Waals surface area contributed by atoms with Crippen LogP contribution < -0.4 is 0 Å². The van der Waals surface area contributed by atoms with E-state index in [1.165, 1.54) is 44.3 Å². The lowest BCUT2D eigenvalue weighted by atomic mass is 9.82. The molecule has 1 heteroatoms. The largest absolute Gasteiger partial charge is 0.248 e. The first kappa shape index (κ1) is 19.0. The van der Waals surface area contributed by atoms with Crippen LogP contribution >= 0.6 is 0 Å². The monoisotopic (exact) mass is 411 g/mol. The predicted molar refractivity (Wildman–Crippen MR) is 135 cm³/mol. The van der Waals surface area contributed by atoms with Gasteiger partial charge in [0, 0.05) is 16.4 Å². The Bertz CT molecular complexity index is 1490. The molecule has 5 aromatic rings. The van der Waals surface area contributed by atoms with E-state index < -0.39 is 0 Å². The van der Waals surface area contributed by atoms with Crippen molar-refractivity contribution in [3.8, 4) is 33.5 Å². The maximum absolute atomic E-state index is 5.18. The molecule has 1 nitrogen and oxygen atoms in total. The van der Waals surface area contributed by atoms with Gasteiger partial charge in [-0.25, -0.2) is 4.98 Å². The maximum Gasteiger partial charge on any atom is 0.0719 e. The van der Waals surface area contributed by atoms with Gasteiger partial charge in [0.1, 0.15) is 0 Å². The minimum atomic E-state index is -0.0337. The molecule has 154 valence electrons. The molecule has 0 radical (unpaired) electrons. The van der Waals surface area contributed by atoms with Crippen LogP contribution in [0.5, 0.6) is 0 Å². The minimum absolute atomic E-state index is 0.0337. The number of hydrogen-bond acceptors (Lipinski definition) is 1. The van der Waals surface area contributed by atoms with E-state index in [0.717, 1.165) is 16.8 Å². The summed E-state index contributed by atoms with van der Waals surface area (Å²) in [5, 5.41) is 1.21. The van der Waals surface area contributed by atoms with E-state index in [9.17, 15) is 0 Å². The number of nitrogens with zero attached hydrogens (tertiary/aromatic N) is 1. The highest BCUT2D eigenvalue weighted by Gasteiger charge is 2.35. The van der Waals surface area contributed by atoms with Crippen LogP contribution in [0.25, 0.3) is 44.4 Å². The number of hydrogen-bond donors (Lipinski definition) is 0. The Morgan fingerprint density at radius 3 is 2.16 bits per heavy atom. The highest BCUT2D eigenvalue weighted by atomic mass is 14.7.